The van der Waals surface area contributed by atoms with Gasteiger partial charge >= 0.3 is 11.7 Å². The average molecular weight is 461 g/mol. The van der Waals surface area contributed by atoms with Crippen LogP contribution in [0.3, 0.4) is 0 Å². The quantitative estimate of drug-likeness (QED) is 0.466. The molecule has 0 radical (unpaired) electrons. The lowest BCUT2D eigenvalue weighted by molar-refractivity contribution is -0.138. The van der Waals surface area contributed by atoms with Gasteiger partial charge in [0.2, 0.25) is 0 Å². The predicted octanol–water partition coefficient (Wildman–Crippen LogP) is 3.48. The lowest BCUT2D eigenvalue weighted by Crippen LogP contribution is -2.35. The number of nitrogens with zero attached hydrogens (tertiary/aromatic N) is 1. The number of anilines is 2. The van der Waals surface area contributed by atoms with E-state index in [1.807, 2.05) is 42.5 Å². The van der Waals surface area contributed by atoms with Gasteiger partial charge in [0.05, 0.1) is 23.7 Å². The Morgan fingerprint density at radius 2 is 1.71 bits per heavy atom. The fourth-order valence-corrected chi connectivity index (χ4v) is 4.37. The number of allylic oxidation sites excluding steroid dienone is 1. The minimum absolute atomic E-state index is 0.209. The number of carbonyl (C=O) groups is 1. The molecule has 0 saturated heterocycles. The van der Waals surface area contributed by atoms with E-state index in [0.29, 0.717) is 11.3 Å². The molecule has 0 amide bonds. The van der Waals surface area contributed by atoms with Crippen LogP contribution in [0.1, 0.15) is 43.4 Å². The van der Waals surface area contributed by atoms with Gasteiger partial charge < -0.3 is 15.0 Å². The maximum Gasteiger partial charge on any atom is 0.336 e. The fourth-order valence-electron chi connectivity index (χ4n) is 4.37. The van der Waals surface area contributed by atoms with E-state index in [2.05, 4.69) is 39.2 Å². The van der Waals surface area contributed by atoms with E-state index in [1.165, 1.54) is 5.56 Å². The third kappa shape index (κ3) is 4.52. The van der Waals surface area contributed by atoms with Crippen LogP contribution in [-0.4, -0.2) is 29.1 Å². The third-order valence-corrected chi connectivity index (χ3v) is 5.96. The zero-order valence-corrected chi connectivity index (χ0v) is 19.5. The number of fused-ring (bicyclic) bond motifs is 1. The molecule has 1 aliphatic heterocycles. The second-order valence-electron chi connectivity index (χ2n) is 8.11. The molecule has 1 atom stereocenters. The zero-order valence-electron chi connectivity index (χ0n) is 19.5. The summed E-state index contributed by atoms with van der Waals surface area (Å²) >= 11 is 0. The third-order valence-electron chi connectivity index (χ3n) is 5.96. The Labute approximate surface area is 197 Å². The van der Waals surface area contributed by atoms with Crippen LogP contribution in [0.2, 0.25) is 0 Å². The van der Waals surface area contributed by atoms with Crippen molar-refractivity contribution >= 4 is 17.5 Å². The number of H-pyrrole nitrogens is 2. The number of aromatic nitrogens is 2. The molecule has 0 aliphatic carbocycles. The number of nitrogens with one attached hydrogen (secondary N) is 3. The molecular formula is C26H28N4O4. The van der Waals surface area contributed by atoms with Crippen LogP contribution in [-0.2, 0) is 16.1 Å². The molecule has 3 N–H and O–H groups in total. The molecule has 34 heavy (non-hydrogen) atoms. The van der Waals surface area contributed by atoms with Gasteiger partial charge in [-0.15, -0.1) is 0 Å². The van der Waals surface area contributed by atoms with E-state index in [0.717, 1.165) is 24.3 Å². The van der Waals surface area contributed by atoms with Crippen molar-refractivity contribution in [2.45, 2.75) is 33.2 Å². The van der Waals surface area contributed by atoms with Crippen LogP contribution < -0.4 is 21.5 Å². The van der Waals surface area contributed by atoms with E-state index in [-0.39, 0.29) is 18.0 Å². The second-order valence-corrected chi connectivity index (χ2v) is 8.11. The molecule has 2 heterocycles. The molecule has 1 unspecified atom stereocenters. The van der Waals surface area contributed by atoms with Crippen LogP contribution in [0.4, 0.5) is 11.5 Å². The van der Waals surface area contributed by atoms with E-state index >= 15 is 0 Å². The van der Waals surface area contributed by atoms with E-state index in [1.54, 1.807) is 13.8 Å². The Morgan fingerprint density at radius 3 is 2.35 bits per heavy atom. The first-order valence-corrected chi connectivity index (χ1v) is 11.3. The lowest BCUT2D eigenvalue weighted by atomic mass is 9.82. The number of benzene rings is 2. The van der Waals surface area contributed by atoms with Crippen LogP contribution in [0.15, 0.2) is 75.5 Å². The summed E-state index contributed by atoms with van der Waals surface area (Å²) < 4.78 is 5.30. The smallest absolute Gasteiger partial charge is 0.336 e. The van der Waals surface area contributed by atoms with Gasteiger partial charge in [0, 0.05) is 24.5 Å². The average Bonchev–Trinajstić information content (AvgIpc) is 2.82. The highest BCUT2D eigenvalue weighted by Crippen LogP contribution is 2.39. The summed E-state index contributed by atoms with van der Waals surface area (Å²) in [7, 11) is 0. The van der Waals surface area contributed by atoms with Crippen molar-refractivity contribution in [3.63, 3.8) is 0 Å². The van der Waals surface area contributed by atoms with Gasteiger partial charge in [-0.1, -0.05) is 42.5 Å². The molecular weight excluding hydrogens is 432 g/mol. The highest BCUT2D eigenvalue weighted by atomic mass is 16.5. The molecule has 8 heteroatoms. The molecule has 4 rings (SSSR count). The van der Waals surface area contributed by atoms with Crippen LogP contribution in [0.5, 0.6) is 0 Å². The molecule has 1 aliphatic rings. The van der Waals surface area contributed by atoms with E-state index < -0.39 is 23.1 Å². The number of aromatic amines is 2. The molecule has 0 saturated carbocycles. The van der Waals surface area contributed by atoms with Gasteiger partial charge in [-0.3, -0.25) is 14.8 Å². The van der Waals surface area contributed by atoms with Gasteiger partial charge in [-0.2, -0.15) is 0 Å². The second kappa shape index (κ2) is 9.82. The molecule has 0 spiro atoms. The van der Waals surface area contributed by atoms with Crippen molar-refractivity contribution in [2.24, 2.45) is 0 Å². The maximum absolute atomic E-state index is 12.9. The first-order chi connectivity index (χ1) is 16.4. The molecule has 176 valence electrons. The van der Waals surface area contributed by atoms with Gasteiger partial charge in [0.1, 0.15) is 5.82 Å². The minimum atomic E-state index is -0.686. The zero-order chi connectivity index (χ0) is 24.2. The largest absolute Gasteiger partial charge is 0.463 e. The monoisotopic (exact) mass is 460 g/mol. The van der Waals surface area contributed by atoms with Crippen LogP contribution in [0, 0.1) is 0 Å². The Balaban J connectivity index is 1.76. The van der Waals surface area contributed by atoms with Gasteiger partial charge in [0.15, 0.2) is 0 Å². The number of ether oxygens (including phenoxy) is 1. The topological polar surface area (TPSA) is 107 Å². The highest BCUT2D eigenvalue weighted by Gasteiger charge is 2.36. The Morgan fingerprint density at radius 1 is 1.00 bits per heavy atom. The molecule has 3 aromatic rings. The predicted molar refractivity (Wildman–Crippen MR) is 132 cm³/mol. The molecule has 2 aromatic carbocycles. The molecule has 0 fully saturated rings. The van der Waals surface area contributed by atoms with Gasteiger partial charge in [-0.25, -0.2) is 9.59 Å². The van der Waals surface area contributed by atoms with E-state index in [4.69, 9.17) is 4.74 Å². The SMILES string of the molecule is CCOC(=O)C1=C(C)Nc2[nH]c(=O)[nH]c(=O)c2C1c1ccc(N(CC)Cc2ccccc2)cc1. The summed E-state index contributed by atoms with van der Waals surface area (Å²) in [6.45, 7) is 7.36. The molecule has 0 bridgehead atoms. The molecule has 1 aromatic heterocycles. The highest BCUT2D eigenvalue weighted by molar-refractivity contribution is 5.94. The molecule has 8 nitrogen and oxygen atoms in total. The number of hydrogen-bond acceptors (Lipinski definition) is 6. The first kappa shape index (κ1) is 23.1. The normalized spacial score (nSPS) is 14.9. The van der Waals surface area contributed by atoms with Crippen LogP contribution in [0.25, 0.3) is 0 Å². The van der Waals surface area contributed by atoms with E-state index in [9.17, 15) is 14.4 Å². The van der Waals surface area contributed by atoms with Crippen molar-refractivity contribution < 1.29 is 9.53 Å². The van der Waals surface area contributed by atoms with Crippen molar-refractivity contribution in [1.82, 2.24) is 9.97 Å². The van der Waals surface area contributed by atoms with Crippen molar-refractivity contribution in [2.75, 3.05) is 23.4 Å². The Kier molecular flexibility index (Phi) is 6.67. The summed E-state index contributed by atoms with van der Waals surface area (Å²) in [5, 5.41) is 2.99. The number of esters is 1. The number of carbonyl (C=O) groups excluding carboxylic acids is 1. The van der Waals surface area contributed by atoms with Crippen molar-refractivity contribution in [1.29, 1.82) is 0 Å². The Hall–Kier alpha value is -4.07. The summed E-state index contributed by atoms with van der Waals surface area (Å²) in [6, 6.07) is 18.0. The first-order valence-electron chi connectivity index (χ1n) is 11.3. The summed E-state index contributed by atoms with van der Waals surface area (Å²) in [4.78, 5) is 44.8. The minimum Gasteiger partial charge on any atom is -0.463 e. The lowest BCUT2D eigenvalue weighted by Gasteiger charge is -2.29. The summed E-state index contributed by atoms with van der Waals surface area (Å²) in [5.74, 6) is -0.904. The summed E-state index contributed by atoms with van der Waals surface area (Å²) in [5.41, 5.74) is 2.97. The fraction of sp³-hybridized carbons (Fsp3) is 0.269. The van der Waals surface area contributed by atoms with Gasteiger partial charge in [0.25, 0.3) is 5.56 Å². The van der Waals surface area contributed by atoms with Crippen molar-refractivity contribution in [3.8, 4) is 0 Å². The maximum atomic E-state index is 12.9. The number of hydrogen-bond donors (Lipinski definition) is 3. The summed E-state index contributed by atoms with van der Waals surface area (Å²) in [6.07, 6.45) is 0. The van der Waals surface area contributed by atoms with Gasteiger partial charge in [-0.05, 0) is 44.0 Å². The standard InChI is InChI=1S/C26H28N4O4/c1-4-30(15-17-9-7-6-8-10-17)19-13-11-18(12-14-19)21-20(25(32)34-5-2)16(3)27-23-22(21)24(31)29-26(33)28-23/h6-14,21H,4-5,15H2,1-3H3,(H3,27,28,29,31,33). The van der Waals surface area contributed by atoms with Crippen LogP contribution >= 0.6 is 0 Å². The Bertz CT molecular complexity index is 1320. The number of rotatable bonds is 7. The van der Waals surface area contributed by atoms with Crippen molar-refractivity contribution in [3.05, 3.63) is 103 Å².